The average Bonchev–Trinajstić information content (AvgIpc) is 3.37. The Morgan fingerprint density at radius 3 is 2.66 bits per heavy atom. The van der Waals surface area contributed by atoms with E-state index in [1.54, 1.807) is 0 Å². The van der Waals surface area contributed by atoms with Gasteiger partial charge >= 0.3 is 0 Å². The molecule has 0 saturated carbocycles. The molecule has 2 heterocycles. The number of nitrogens with one attached hydrogen (secondary N) is 1. The van der Waals surface area contributed by atoms with Crippen LogP contribution in [0.2, 0.25) is 5.15 Å². The van der Waals surface area contributed by atoms with Crippen LogP contribution in [-0.4, -0.2) is 36.5 Å². The molecule has 4 rings (SSSR count). The molecule has 0 unspecified atom stereocenters. The van der Waals surface area contributed by atoms with E-state index in [9.17, 15) is 4.79 Å². The van der Waals surface area contributed by atoms with Crippen LogP contribution in [0.4, 0.5) is 0 Å². The van der Waals surface area contributed by atoms with Crippen molar-refractivity contribution in [2.45, 2.75) is 26.3 Å². The third kappa shape index (κ3) is 3.82. The minimum absolute atomic E-state index is 0.239. The van der Waals surface area contributed by atoms with E-state index in [0.29, 0.717) is 18.1 Å². The van der Waals surface area contributed by atoms with E-state index in [1.165, 1.54) is 0 Å². The molecule has 0 bridgehead atoms. The fraction of sp³-hybridized carbons (Fsp3) is 0.190. The number of halogens is 1. The molecule has 2 aromatic heterocycles. The predicted molar refractivity (Wildman–Crippen MR) is 111 cm³/mol. The van der Waals surface area contributed by atoms with Crippen LogP contribution in [0.15, 0.2) is 48.5 Å². The molecule has 0 fully saturated rings. The third-order valence-corrected chi connectivity index (χ3v) is 5.00. The largest absolute Gasteiger partial charge is 0.320 e. The van der Waals surface area contributed by atoms with Crippen molar-refractivity contribution in [1.82, 2.24) is 30.2 Å². The predicted octanol–water partition coefficient (Wildman–Crippen LogP) is 4.20. The molecule has 0 aliphatic heterocycles. The number of nitrogens with zero attached hydrogens (tertiary/aromatic N) is 5. The zero-order chi connectivity index (χ0) is 20.2. The summed E-state index contributed by atoms with van der Waals surface area (Å²) in [6, 6.07) is 16.1. The standard InChI is InChI=1S/C21H19ClN6O/c1-2-6-19-23-20(22)18(13-29)28(19)12-14-9-10-16(15-7-4-3-5-8-15)17(11-14)21-24-26-27-25-21/h3-5,7-11,13H,2,6,12H2,1H3,(H,24,25,26,27). The first-order chi connectivity index (χ1) is 14.2. The fourth-order valence-electron chi connectivity index (χ4n) is 3.39. The zero-order valence-corrected chi connectivity index (χ0v) is 16.6. The van der Waals surface area contributed by atoms with Gasteiger partial charge in [-0.25, -0.2) is 4.98 Å². The van der Waals surface area contributed by atoms with Gasteiger partial charge in [-0.1, -0.05) is 61.0 Å². The van der Waals surface area contributed by atoms with Crippen molar-refractivity contribution in [2.24, 2.45) is 0 Å². The second-order valence-corrected chi connectivity index (χ2v) is 7.00. The highest BCUT2D eigenvalue weighted by atomic mass is 35.5. The monoisotopic (exact) mass is 406 g/mol. The van der Waals surface area contributed by atoms with E-state index < -0.39 is 0 Å². The SMILES string of the molecule is CCCc1nc(Cl)c(C=O)n1Cc1ccc(-c2ccccc2)c(-c2nn[nH]n2)c1. The van der Waals surface area contributed by atoms with Crippen molar-refractivity contribution in [3.05, 3.63) is 70.8 Å². The maximum atomic E-state index is 11.6. The Kier molecular flexibility index (Phi) is 5.48. The van der Waals surface area contributed by atoms with Gasteiger partial charge in [0.1, 0.15) is 11.5 Å². The summed E-state index contributed by atoms with van der Waals surface area (Å²) in [5.41, 5.74) is 4.30. The zero-order valence-electron chi connectivity index (χ0n) is 15.8. The van der Waals surface area contributed by atoms with E-state index in [2.05, 4.69) is 32.5 Å². The molecule has 29 heavy (non-hydrogen) atoms. The van der Waals surface area contributed by atoms with Gasteiger partial charge in [0, 0.05) is 18.5 Å². The summed E-state index contributed by atoms with van der Waals surface area (Å²) in [4.78, 5) is 15.9. The Balaban J connectivity index is 1.79. The van der Waals surface area contributed by atoms with Gasteiger partial charge in [-0.2, -0.15) is 5.21 Å². The summed E-state index contributed by atoms with van der Waals surface area (Å²) in [6.07, 6.45) is 2.41. The number of carbonyl (C=O) groups is 1. The van der Waals surface area contributed by atoms with E-state index in [0.717, 1.165) is 47.2 Å². The smallest absolute Gasteiger partial charge is 0.205 e. The molecule has 8 heteroatoms. The van der Waals surface area contributed by atoms with Gasteiger partial charge in [0.05, 0.1) is 0 Å². The Labute approximate surface area is 172 Å². The van der Waals surface area contributed by atoms with Crippen LogP contribution in [0.3, 0.4) is 0 Å². The van der Waals surface area contributed by atoms with Crippen molar-refractivity contribution < 1.29 is 4.79 Å². The fourth-order valence-corrected chi connectivity index (χ4v) is 3.63. The number of tetrazole rings is 1. The summed E-state index contributed by atoms with van der Waals surface area (Å²) in [5, 5.41) is 14.8. The molecular weight excluding hydrogens is 388 g/mol. The first-order valence-electron chi connectivity index (χ1n) is 9.33. The first kappa shape index (κ1) is 19.0. The molecule has 0 spiro atoms. The highest BCUT2D eigenvalue weighted by molar-refractivity contribution is 6.31. The average molecular weight is 407 g/mol. The number of hydrogen-bond acceptors (Lipinski definition) is 5. The van der Waals surface area contributed by atoms with Crippen LogP contribution in [-0.2, 0) is 13.0 Å². The normalized spacial score (nSPS) is 11.0. The quantitative estimate of drug-likeness (QED) is 0.464. The Morgan fingerprint density at radius 1 is 1.14 bits per heavy atom. The number of aldehydes is 1. The van der Waals surface area contributed by atoms with Gasteiger partial charge < -0.3 is 4.57 Å². The molecule has 0 aliphatic rings. The van der Waals surface area contributed by atoms with E-state index >= 15 is 0 Å². The lowest BCUT2D eigenvalue weighted by Gasteiger charge is -2.13. The number of aromatic amines is 1. The van der Waals surface area contributed by atoms with Crippen molar-refractivity contribution in [3.8, 4) is 22.5 Å². The molecular formula is C21H19ClN6O. The van der Waals surface area contributed by atoms with Gasteiger partial charge in [-0.15, -0.1) is 10.2 Å². The number of carbonyl (C=O) groups excluding carboxylic acids is 1. The van der Waals surface area contributed by atoms with E-state index in [4.69, 9.17) is 11.6 Å². The number of hydrogen-bond donors (Lipinski definition) is 1. The molecule has 0 atom stereocenters. The molecule has 146 valence electrons. The highest BCUT2D eigenvalue weighted by Crippen LogP contribution is 2.31. The third-order valence-electron chi connectivity index (χ3n) is 4.72. The number of imidazole rings is 1. The molecule has 0 amide bonds. The van der Waals surface area contributed by atoms with Crippen LogP contribution in [0, 0.1) is 0 Å². The van der Waals surface area contributed by atoms with Crippen LogP contribution in [0.5, 0.6) is 0 Å². The van der Waals surface area contributed by atoms with Crippen molar-refractivity contribution in [1.29, 1.82) is 0 Å². The number of H-pyrrole nitrogens is 1. The summed E-state index contributed by atoms with van der Waals surface area (Å²) in [7, 11) is 0. The summed E-state index contributed by atoms with van der Waals surface area (Å²) >= 11 is 6.17. The molecule has 7 nitrogen and oxygen atoms in total. The van der Waals surface area contributed by atoms with Gasteiger partial charge in [-0.3, -0.25) is 4.79 Å². The van der Waals surface area contributed by atoms with Gasteiger partial charge in [0.25, 0.3) is 0 Å². The molecule has 4 aromatic rings. The highest BCUT2D eigenvalue weighted by Gasteiger charge is 2.17. The van der Waals surface area contributed by atoms with E-state index in [-0.39, 0.29) is 5.15 Å². The molecule has 0 radical (unpaired) electrons. The Bertz CT molecular complexity index is 1120. The Hall–Kier alpha value is -3.32. The Morgan fingerprint density at radius 2 is 1.97 bits per heavy atom. The maximum Gasteiger partial charge on any atom is 0.205 e. The van der Waals surface area contributed by atoms with Crippen LogP contribution in [0.25, 0.3) is 22.5 Å². The minimum atomic E-state index is 0.239. The number of aromatic nitrogens is 6. The summed E-state index contributed by atoms with van der Waals surface area (Å²) in [5.74, 6) is 1.31. The van der Waals surface area contributed by atoms with Gasteiger partial charge in [0.2, 0.25) is 5.82 Å². The van der Waals surface area contributed by atoms with Crippen molar-refractivity contribution in [2.75, 3.05) is 0 Å². The summed E-state index contributed by atoms with van der Waals surface area (Å²) < 4.78 is 1.87. The van der Waals surface area contributed by atoms with Gasteiger partial charge in [-0.05, 0) is 34.4 Å². The van der Waals surface area contributed by atoms with Gasteiger partial charge in [0.15, 0.2) is 11.4 Å². The topological polar surface area (TPSA) is 89.4 Å². The molecule has 1 N–H and O–H groups in total. The molecule has 2 aromatic carbocycles. The van der Waals surface area contributed by atoms with Crippen LogP contribution in [0.1, 0.15) is 35.2 Å². The lowest BCUT2D eigenvalue weighted by atomic mass is 9.97. The second-order valence-electron chi connectivity index (χ2n) is 6.64. The minimum Gasteiger partial charge on any atom is -0.320 e. The first-order valence-corrected chi connectivity index (χ1v) is 9.71. The summed E-state index contributed by atoms with van der Waals surface area (Å²) in [6.45, 7) is 2.54. The molecule has 0 saturated heterocycles. The number of rotatable bonds is 7. The van der Waals surface area contributed by atoms with Crippen LogP contribution >= 0.6 is 11.6 Å². The number of benzene rings is 2. The number of aryl methyl sites for hydroxylation is 1. The second kappa shape index (κ2) is 8.36. The van der Waals surface area contributed by atoms with Crippen molar-refractivity contribution >= 4 is 17.9 Å². The van der Waals surface area contributed by atoms with Crippen LogP contribution < -0.4 is 0 Å². The maximum absolute atomic E-state index is 11.6. The van der Waals surface area contributed by atoms with E-state index in [1.807, 2.05) is 53.1 Å². The molecule has 0 aliphatic carbocycles. The van der Waals surface area contributed by atoms with Crippen molar-refractivity contribution in [3.63, 3.8) is 0 Å². The lowest BCUT2D eigenvalue weighted by Crippen LogP contribution is -2.09. The lowest BCUT2D eigenvalue weighted by molar-refractivity contribution is 0.111.